The molecule has 21 heavy (non-hydrogen) atoms. The summed E-state index contributed by atoms with van der Waals surface area (Å²) in [4.78, 5) is 6.30. The van der Waals surface area contributed by atoms with Gasteiger partial charge in [0.25, 0.3) is 0 Å². The number of anilines is 2. The Bertz CT molecular complexity index is 627. The maximum absolute atomic E-state index is 6.29. The van der Waals surface area contributed by atoms with E-state index >= 15 is 0 Å². The van der Waals surface area contributed by atoms with E-state index in [2.05, 4.69) is 10.3 Å². The third-order valence-electron chi connectivity index (χ3n) is 2.98. The molecule has 0 atom stereocenters. The van der Waals surface area contributed by atoms with Crippen molar-refractivity contribution in [2.24, 2.45) is 4.99 Å². The number of rotatable bonds is 5. The summed E-state index contributed by atoms with van der Waals surface area (Å²) in [5.74, 6) is 0. The molecule has 0 aliphatic heterocycles. The number of nitrogens with zero attached hydrogens (tertiary/aromatic N) is 2. The lowest BCUT2D eigenvalue weighted by molar-refractivity contribution is 0.552. The topological polar surface area (TPSA) is 27.6 Å². The molecule has 0 saturated heterocycles. The van der Waals surface area contributed by atoms with E-state index < -0.39 is 0 Å². The van der Waals surface area contributed by atoms with Gasteiger partial charge in [0.15, 0.2) is 0 Å². The van der Waals surface area contributed by atoms with Gasteiger partial charge in [-0.2, -0.15) is 0 Å². The summed E-state index contributed by atoms with van der Waals surface area (Å²) >= 11 is 12.6. The summed E-state index contributed by atoms with van der Waals surface area (Å²) in [6.45, 7) is 2.93. The molecule has 0 aromatic heterocycles. The quantitative estimate of drug-likeness (QED) is 0.594. The molecule has 0 spiro atoms. The highest BCUT2D eigenvalue weighted by Gasteiger charge is 2.07. The number of para-hydroxylation sites is 1. The van der Waals surface area contributed by atoms with Gasteiger partial charge >= 0.3 is 0 Å². The van der Waals surface area contributed by atoms with Crippen LogP contribution in [0.1, 0.15) is 6.92 Å². The van der Waals surface area contributed by atoms with Gasteiger partial charge < -0.3 is 10.2 Å². The van der Waals surface area contributed by atoms with E-state index in [1.807, 2.05) is 49.2 Å². The second-order valence-electron chi connectivity index (χ2n) is 4.59. The molecule has 0 saturated carbocycles. The van der Waals surface area contributed by atoms with Crippen molar-refractivity contribution in [3.63, 3.8) is 0 Å². The Morgan fingerprint density at radius 3 is 2.52 bits per heavy atom. The largest absolute Gasteiger partial charge is 0.366 e. The number of hydrogen-bond donors (Lipinski definition) is 1. The van der Waals surface area contributed by atoms with E-state index in [1.54, 1.807) is 18.5 Å². The van der Waals surface area contributed by atoms with Crippen LogP contribution >= 0.6 is 23.2 Å². The second kappa shape index (κ2) is 7.34. The van der Waals surface area contributed by atoms with Gasteiger partial charge in [0.2, 0.25) is 0 Å². The Labute approximate surface area is 135 Å². The van der Waals surface area contributed by atoms with Crippen molar-refractivity contribution in [1.29, 1.82) is 0 Å². The zero-order valence-corrected chi connectivity index (χ0v) is 13.5. The third-order valence-corrected chi connectivity index (χ3v) is 3.60. The molecule has 1 N–H and O–H groups in total. The van der Waals surface area contributed by atoms with Crippen LogP contribution in [0.5, 0.6) is 0 Å². The molecule has 2 aromatic rings. The average Bonchev–Trinajstić information content (AvgIpc) is 2.50. The summed E-state index contributed by atoms with van der Waals surface area (Å²) in [5, 5.41) is 4.37. The number of nitrogens with one attached hydrogen (secondary N) is 1. The summed E-state index contributed by atoms with van der Waals surface area (Å²) in [5.41, 5.74) is 2.37. The standard InChI is InChI=1S/C16H17Cl2N3/c1-3-21(2)11-19-15-9-14(18)16(10-13(15)17)20-12-7-5-4-6-8-12/h4-11,20H,3H2,1-2H3. The summed E-state index contributed by atoms with van der Waals surface area (Å²) in [6.07, 6.45) is 1.74. The van der Waals surface area contributed by atoms with Gasteiger partial charge in [0.1, 0.15) is 0 Å². The molecule has 5 heteroatoms. The fraction of sp³-hybridized carbons (Fsp3) is 0.188. The number of benzene rings is 2. The molecular formula is C16H17Cl2N3. The van der Waals surface area contributed by atoms with Gasteiger partial charge in [0.05, 0.1) is 27.8 Å². The average molecular weight is 322 g/mol. The molecule has 0 radical (unpaired) electrons. The van der Waals surface area contributed by atoms with Crippen LogP contribution in [0.2, 0.25) is 10.0 Å². The lowest BCUT2D eigenvalue weighted by atomic mass is 10.2. The molecule has 110 valence electrons. The lowest BCUT2D eigenvalue weighted by Crippen LogP contribution is -2.14. The van der Waals surface area contributed by atoms with Crippen LogP contribution in [0.15, 0.2) is 47.5 Å². The van der Waals surface area contributed by atoms with Crippen molar-refractivity contribution in [2.45, 2.75) is 6.92 Å². The van der Waals surface area contributed by atoms with Crippen LogP contribution in [-0.2, 0) is 0 Å². The molecule has 0 fully saturated rings. The molecule has 0 aliphatic carbocycles. The van der Waals surface area contributed by atoms with E-state index in [1.165, 1.54) is 0 Å². The van der Waals surface area contributed by atoms with Gasteiger partial charge in [-0.15, -0.1) is 0 Å². The second-order valence-corrected chi connectivity index (χ2v) is 5.41. The third kappa shape index (κ3) is 4.38. The molecule has 2 aromatic carbocycles. The van der Waals surface area contributed by atoms with Crippen molar-refractivity contribution >= 4 is 46.6 Å². The van der Waals surface area contributed by atoms with Crippen LogP contribution < -0.4 is 5.32 Å². The number of halogens is 2. The van der Waals surface area contributed by atoms with Crippen molar-refractivity contribution in [3.05, 3.63) is 52.5 Å². The summed E-state index contributed by atoms with van der Waals surface area (Å²) in [7, 11) is 1.95. The highest BCUT2D eigenvalue weighted by molar-refractivity contribution is 6.37. The van der Waals surface area contributed by atoms with E-state index in [0.717, 1.165) is 17.9 Å². The minimum atomic E-state index is 0.554. The van der Waals surface area contributed by atoms with Crippen molar-refractivity contribution in [3.8, 4) is 0 Å². The van der Waals surface area contributed by atoms with Crippen LogP contribution in [0.25, 0.3) is 0 Å². The maximum Gasteiger partial charge on any atom is 0.0910 e. The molecule has 2 rings (SSSR count). The van der Waals surface area contributed by atoms with Crippen molar-refractivity contribution < 1.29 is 0 Å². The molecule has 0 aliphatic rings. The van der Waals surface area contributed by atoms with Crippen molar-refractivity contribution in [2.75, 3.05) is 18.9 Å². The van der Waals surface area contributed by atoms with Gasteiger partial charge in [-0.3, -0.25) is 0 Å². The van der Waals surface area contributed by atoms with E-state index in [-0.39, 0.29) is 0 Å². The minimum absolute atomic E-state index is 0.554. The first-order chi connectivity index (χ1) is 10.1. The van der Waals surface area contributed by atoms with Crippen LogP contribution in [0, 0.1) is 0 Å². The normalized spacial score (nSPS) is 10.9. The lowest BCUT2D eigenvalue weighted by Gasteiger charge is -2.11. The highest BCUT2D eigenvalue weighted by atomic mass is 35.5. The smallest absolute Gasteiger partial charge is 0.0910 e. The Hall–Kier alpha value is -1.71. The fourth-order valence-corrected chi connectivity index (χ4v) is 2.07. The maximum atomic E-state index is 6.29. The Morgan fingerprint density at radius 1 is 1.14 bits per heavy atom. The van der Waals surface area contributed by atoms with Crippen molar-refractivity contribution in [1.82, 2.24) is 4.90 Å². The van der Waals surface area contributed by atoms with Gasteiger partial charge in [-0.25, -0.2) is 4.99 Å². The Morgan fingerprint density at radius 2 is 1.86 bits per heavy atom. The highest BCUT2D eigenvalue weighted by Crippen LogP contribution is 2.35. The zero-order valence-electron chi connectivity index (χ0n) is 12.0. The van der Waals surface area contributed by atoms with Crippen LogP contribution in [-0.4, -0.2) is 24.8 Å². The SMILES string of the molecule is CCN(C)C=Nc1cc(Cl)c(Nc2ccccc2)cc1Cl. The van der Waals surface area contributed by atoms with Gasteiger partial charge in [0, 0.05) is 19.3 Å². The summed E-state index contributed by atoms with van der Waals surface area (Å²) in [6, 6.07) is 13.3. The molecule has 0 heterocycles. The zero-order chi connectivity index (χ0) is 15.2. The van der Waals surface area contributed by atoms with E-state index in [0.29, 0.717) is 15.7 Å². The van der Waals surface area contributed by atoms with Gasteiger partial charge in [-0.05, 0) is 31.2 Å². The number of hydrogen-bond acceptors (Lipinski definition) is 2. The predicted octanol–water partition coefficient (Wildman–Crippen LogP) is 5.35. The number of aliphatic imine (C=N–C) groups is 1. The Balaban J connectivity index is 2.23. The first-order valence-electron chi connectivity index (χ1n) is 6.65. The first kappa shape index (κ1) is 15.7. The van der Waals surface area contributed by atoms with Crippen LogP contribution in [0.4, 0.5) is 17.1 Å². The monoisotopic (exact) mass is 321 g/mol. The van der Waals surface area contributed by atoms with E-state index in [9.17, 15) is 0 Å². The first-order valence-corrected chi connectivity index (χ1v) is 7.41. The predicted molar refractivity (Wildman–Crippen MR) is 92.6 cm³/mol. The molecular weight excluding hydrogens is 305 g/mol. The molecule has 0 bridgehead atoms. The van der Waals surface area contributed by atoms with Gasteiger partial charge in [-0.1, -0.05) is 41.4 Å². The molecule has 0 unspecified atom stereocenters. The molecule has 3 nitrogen and oxygen atoms in total. The summed E-state index contributed by atoms with van der Waals surface area (Å²) < 4.78 is 0. The minimum Gasteiger partial charge on any atom is -0.366 e. The Kier molecular flexibility index (Phi) is 5.48. The van der Waals surface area contributed by atoms with Crippen LogP contribution in [0.3, 0.4) is 0 Å². The van der Waals surface area contributed by atoms with E-state index in [4.69, 9.17) is 23.2 Å². The molecule has 0 amide bonds. The fourth-order valence-electron chi connectivity index (χ4n) is 1.65.